The first-order chi connectivity index (χ1) is 9.58. The molecule has 3 N–H and O–H groups in total. The van der Waals surface area contributed by atoms with Crippen molar-refractivity contribution in [3.05, 3.63) is 23.9 Å². The van der Waals surface area contributed by atoms with E-state index in [0.717, 1.165) is 19.6 Å². The van der Waals surface area contributed by atoms with Crippen molar-refractivity contribution in [2.45, 2.75) is 32.7 Å². The normalized spacial score (nSPS) is 18.4. The van der Waals surface area contributed by atoms with E-state index in [-0.39, 0.29) is 0 Å². The maximum Gasteiger partial charge on any atom is 0.252 e. The lowest BCUT2D eigenvalue weighted by Crippen LogP contribution is -2.40. The molecule has 0 bridgehead atoms. The number of nitrogens with zero attached hydrogens (tertiary/aromatic N) is 2. The molecule has 0 aliphatic carbocycles. The molecular weight excluding hydrogens is 252 g/mol. The van der Waals surface area contributed by atoms with Gasteiger partial charge in [0.15, 0.2) is 0 Å². The molecule has 0 radical (unpaired) electrons. The molecule has 1 fully saturated rings. The smallest absolute Gasteiger partial charge is 0.252 e. The van der Waals surface area contributed by atoms with Gasteiger partial charge in [0.25, 0.3) is 5.91 Å². The Balaban J connectivity index is 2.22. The molecule has 1 aliphatic rings. The molecule has 5 nitrogen and oxygen atoms in total. The molecule has 0 aromatic carbocycles. The lowest BCUT2D eigenvalue weighted by molar-refractivity contribution is 0.100. The lowest BCUT2D eigenvalue weighted by Gasteiger charge is -2.29. The molecular formula is C15H24N4O. The summed E-state index contributed by atoms with van der Waals surface area (Å²) < 4.78 is 0. The highest BCUT2D eigenvalue weighted by molar-refractivity contribution is 5.97. The Hall–Kier alpha value is -1.62. The van der Waals surface area contributed by atoms with Gasteiger partial charge < -0.3 is 16.0 Å². The fourth-order valence-electron chi connectivity index (χ4n) is 2.71. The number of hydrogen-bond donors (Lipinski definition) is 2. The molecule has 2 rings (SSSR count). The number of amides is 1. The van der Waals surface area contributed by atoms with Crippen LogP contribution in [0.2, 0.25) is 0 Å². The number of carbonyl (C=O) groups is 1. The Bertz CT molecular complexity index is 455. The summed E-state index contributed by atoms with van der Waals surface area (Å²) in [5.74, 6) is 0.794. The van der Waals surface area contributed by atoms with Gasteiger partial charge in [-0.2, -0.15) is 0 Å². The van der Waals surface area contributed by atoms with Gasteiger partial charge in [-0.05, 0) is 37.4 Å². The zero-order chi connectivity index (χ0) is 14.5. The highest BCUT2D eigenvalue weighted by Gasteiger charge is 2.22. The van der Waals surface area contributed by atoms with Gasteiger partial charge in [-0.3, -0.25) is 4.79 Å². The molecule has 5 heteroatoms. The van der Waals surface area contributed by atoms with Crippen molar-refractivity contribution in [1.82, 2.24) is 10.3 Å². The standard InChI is InChI=1S/C15H24N4O/c1-11(2)9-19(10-12-5-3-7-17-12)15-13(14(16)20)6-4-8-18-15/h4,6,8,11-12,17H,3,5,7,9-10H2,1-2H3,(H2,16,20). The summed E-state index contributed by atoms with van der Waals surface area (Å²) in [6.45, 7) is 7.15. The number of nitrogens with two attached hydrogens (primary N) is 1. The number of pyridine rings is 1. The topological polar surface area (TPSA) is 71.2 Å². The van der Waals surface area contributed by atoms with E-state index < -0.39 is 5.91 Å². The minimum atomic E-state index is -0.416. The number of carbonyl (C=O) groups excluding carboxylic acids is 1. The van der Waals surface area contributed by atoms with E-state index >= 15 is 0 Å². The Kier molecular flexibility index (Phi) is 4.95. The van der Waals surface area contributed by atoms with Crippen molar-refractivity contribution in [3.8, 4) is 0 Å². The van der Waals surface area contributed by atoms with Crippen LogP contribution in [0, 0.1) is 5.92 Å². The van der Waals surface area contributed by atoms with Gasteiger partial charge >= 0.3 is 0 Å². The van der Waals surface area contributed by atoms with Crippen LogP contribution in [-0.4, -0.2) is 36.6 Å². The fraction of sp³-hybridized carbons (Fsp3) is 0.600. The average Bonchev–Trinajstić information content (AvgIpc) is 2.90. The van der Waals surface area contributed by atoms with E-state index in [2.05, 4.69) is 29.0 Å². The van der Waals surface area contributed by atoms with Gasteiger partial charge in [0.1, 0.15) is 5.82 Å². The Morgan fingerprint density at radius 3 is 3.00 bits per heavy atom. The van der Waals surface area contributed by atoms with Crippen LogP contribution in [0.1, 0.15) is 37.0 Å². The van der Waals surface area contributed by atoms with Crippen molar-refractivity contribution in [3.63, 3.8) is 0 Å². The van der Waals surface area contributed by atoms with Gasteiger partial charge in [-0.1, -0.05) is 13.8 Å². The van der Waals surface area contributed by atoms with Crippen LogP contribution in [-0.2, 0) is 0 Å². The van der Waals surface area contributed by atoms with Gasteiger partial charge in [-0.25, -0.2) is 4.98 Å². The number of nitrogens with one attached hydrogen (secondary N) is 1. The van der Waals surface area contributed by atoms with Gasteiger partial charge in [0, 0.05) is 25.3 Å². The van der Waals surface area contributed by atoms with E-state index in [9.17, 15) is 4.79 Å². The van der Waals surface area contributed by atoms with E-state index in [1.807, 2.05) is 0 Å². The number of primary amides is 1. The Morgan fingerprint density at radius 1 is 1.60 bits per heavy atom. The monoisotopic (exact) mass is 276 g/mol. The summed E-state index contributed by atoms with van der Waals surface area (Å²) in [6, 6.07) is 3.97. The number of aromatic nitrogens is 1. The van der Waals surface area contributed by atoms with Crippen molar-refractivity contribution >= 4 is 11.7 Å². The largest absolute Gasteiger partial charge is 0.365 e. The van der Waals surface area contributed by atoms with Crippen molar-refractivity contribution in [1.29, 1.82) is 0 Å². The van der Waals surface area contributed by atoms with E-state index in [1.165, 1.54) is 12.8 Å². The first kappa shape index (κ1) is 14.8. The molecule has 1 amide bonds. The fourth-order valence-corrected chi connectivity index (χ4v) is 2.71. The predicted octanol–water partition coefficient (Wildman–Crippen LogP) is 1.39. The molecule has 1 aromatic heterocycles. The van der Waals surface area contributed by atoms with E-state index in [0.29, 0.717) is 23.3 Å². The second kappa shape index (κ2) is 6.70. The second-order valence-corrected chi connectivity index (χ2v) is 5.83. The summed E-state index contributed by atoms with van der Waals surface area (Å²) in [5.41, 5.74) is 5.98. The highest BCUT2D eigenvalue weighted by Crippen LogP contribution is 2.20. The van der Waals surface area contributed by atoms with Crippen molar-refractivity contribution < 1.29 is 4.79 Å². The summed E-state index contributed by atoms with van der Waals surface area (Å²) in [6.07, 6.45) is 4.11. The minimum absolute atomic E-state index is 0.416. The van der Waals surface area contributed by atoms with Crippen LogP contribution >= 0.6 is 0 Å². The molecule has 1 aliphatic heterocycles. The van der Waals surface area contributed by atoms with E-state index in [4.69, 9.17) is 5.73 Å². The SMILES string of the molecule is CC(C)CN(CC1CCCN1)c1ncccc1C(N)=O. The summed E-state index contributed by atoms with van der Waals surface area (Å²) >= 11 is 0. The van der Waals surface area contributed by atoms with Crippen LogP contribution < -0.4 is 16.0 Å². The minimum Gasteiger partial charge on any atom is -0.365 e. The zero-order valence-corrected chi connectivity index (χ0v) is 12.3. The number of rotatable bonds is 6. The number of hydrogen-bond acceptors (Lipinski definition) is 4. The molecule has 1 atom stereocenters. The highest BCUT2D eigenvalue weighted by atomic mass is 16.1. The Morgan fingerprint density at radius 2 is 2.40 bits per heavy atom. The van der Waals surface area contributed by atoms with Gasteiger partial charge in [0.05, 0.1) is 5.56 Å². The van der Waals surface area contributed by atoms with Crippen LogP contribution in [0.3, 0.4) is 0 Å². The second-order valence-electron chi connectivity index (χ2n) is 5.83. The van der Waals surface area contributed by atoms with E-state index in [1.54, 1.807) is 18.3 Å². The third kappa shape index (κ3) is 3.70. The summed E-state index contributed by atoms with van der Waals surface area (Å²) in [7, 11) is 0. The average molecular weight is 276 g/mol. The molecule has 1 unspecified atom stereocenters. The van der Waals surface area contributed by atoms with Gasteiger partial charge in [0.2, 0.25) is 0 Å². The first-order valence-corrected chi connectivity index (χ1v) is 7.31. The van der Waals surface area contributed by atoms with Crippen molar-refractivity contribution in [2.24, 2.45) is 11.7 Å². The maximum atomic E-state index is 11.6. The maximum absolute atomic E-state index is 11.6. The van der Waals surface area contributed by atoms with Crippen LogP contribution in [0.25, 0.3) is 0 Å². The lowest BCUT2D eigenvalue weighted by atomic mass is 10.1. The summed E-state index contributed by atoms with van der Waals surface area (Å²) in [4.78, 5) is 18.2. The first-order valence-electron chi connectivity index (χ1n) is 7.31. The quantitative estimate of drug-likeness (QED) is 0.824. The summed E-state index contributed by atoms with van der Waals surface area (Å²) in [5, 5.41) is 3.49. The molecule has 1 saturated heterocycles. The Labute approximate surface area is 120 Å². The van der Waals surface area contributed by atoms with Crippen LogP contribution in [0.15, 0.2) is 18.3 Å². The third-order valence-corrected chi connectivity index (χ3v) is 3.54. The zero-order valence-electron chi connectivity index (χ0n) is 12.3. The predicted molar refractivity (Wildman–Crippen MR) is 80.8 cm³/mol. The molecule has 2 heterocycles. The van der Waals surface area contributed by atoms with Crippen LogP contribution in [0.5, 0.6) is 0 Å². The molecule has 0 saturated carbocycles. The molecule has 1 aromatic rings. The third-order valence-electron chi connectivity index (χ3n) is 3.54. The molecule has 20 heavy (non-hydrogen) atoms. The molecule has 0 spiro atoms. The van der Waals surface area contributed by atoms with Gasteiger partial charge in [-0.15, -0.1) is 0 Å². The molecule has 110 valence electrons. The van der Waals surface area contributed by atoms with Crippen molar-refractivity contribution in [2.75, 3.05) is 24.5 Å². The van der Waals surface area contributed by atoms with Crippen LogP contribution in [0.4, 0.5) is 5.82 Å². The number of anilines is 1.